The van der Waals surface area contributed by atoms with Gasteiger partial charge in [-0.15, -0.1) is 0 Å². The van der Waals surface area contributed by atoms with Crippen LogP contribution in [0.4, 0.5) is 5.69 Å². The summed E-state index contributed by atoms with van der Waals surface area (Å²) in [5.74, 6) is 0.624. The van der Waals surface area contributed by atoms with Crippen molar-refractivity contribution in [3.63, 3.8) is 0 Å². The fourth-order valence-corrected chi connectivity index (χ4v) is 2.96. The van der Waals surface area contributed by atoms with E-state index < -0.39 is 0 Å². The Morgan fingerprint density at radius 1 is 1.42 bits per heavy atom. The van der Waals surface area contributed by atoms with Crippen LogP contribution in [0.3, 0.4) is 0 Å². The zero-order valence-corrected chi connectivity index (χ0v) is 12.1. The largest absolute Gasteiger partial charge is 0.294 e. The second-order valence-corrected chi connectivity index (χ2v) is 6.25. The number of nitro groups is 1. The molecular formula is C15H22N2O2. The average Bonchev–Trinajstić information content (AvgIpc) is 2.32. The molecule has 0 N–H and O–H groups in total. The van der Waals surface area contributed by atoms with Crippen LogP contribution in [-0.4, -0.2) is 22.9 Å². The van der Waals surface area contributed by atoms with Gasteiger partial charge in [0.15, 0.2) is 0 Å². The van der Waals surface area contributed by atoms with Crippen LogP contribution in [0, 0.1) is 16.0 Å². The minimum absolute atomic E-state index is 0.0486. The zero-order chi connectivity index (χ0) is 14.2. The van der Waals surface area contributed by atoms with Crippen LogP contribution >= 0.6 is 0 Å². The molecule has 1 heterocycles. The Morgan fingerprint density at radius 3 is 2.68 bits per heavy atom. The summed E-state index contributed by atoms with van der Waals surface area (Å²) in [6.45, 7) is 10.9. The molecule has 0 unspecified atom stereocenters. The molecule has 2 rings (SSSR count). The number of fused-ring (bicyclic) bond motifs is 1. The van der Waals surface area contributed by atoms with E-state index in [9.17, 15) is 10.1 Å². The van der Waals surface area contributed by atoms with Crippen LogP contribution < -0.4 is 0 Å². The normalized spacial score (nSPS) is 18.4. The summed E-state index contributed by atoms with van der Waals surface area (Å²) < 4.78 is 0. The van der Waals surface area contributed by atoms with E-state index in [1.54, 1.807) is 12.1 Å². The van der Waals surface area contributed by atoms with Crippen LogP contribution in [0.25, 0.3) is 0 Å². The molecule has 104 valence electrons. The van der Waals surface area contributed by atoms with Crippen molar-refractivity contribution >= 4 is 5.69 Å². The van der Waals surface area contributed by atoms with E-state index in [1.165, 1.54) is 5.56 Å². The summed E-state index contributed by atoms with van der Waals surface area (Å²) in [7, 11) is 0. The second kappa shape index (κ2) is 4.93. The third-order valence-electron chi connectivity index (χ3n) is 3.99. The summed E-state index contributed by atoms with van der Waals surface area (Å²) in [4.78, 5) is 13.0. The highest BCUT2D eigenvalue weighted by Gasteiger charge is 2.35. The highest BCUT2D eigenvalue weighted by atomic mass is 16.6. The highest BCUT2D eigenvalue weighted by molar-refractivity contribution is 5.44. The summed E-state index contributed by atoms with van der Waals surface area (Å²) in [6, 6.07) is 5.29. The van der Waals surface area contributed by atoms with Gasteiger partial charge in [0.25, 0.3) is 5.69 Å². The molecule has 1 aromatic carbocycles. The number of non-ortho nitro benzene ring substituents is 1. The minimum atomic E-state index is -0.312. The first-order valence-corrected chi connectivity index (χ1v) is 6.85. The van der Waals surface area contributed by atoms with Gasteiger partial charge in [0.2, 0.25) is 0 Å². The monoisotopic (exact) mass is 262 g/mol. The van der Waals surface area contributed by atoms with Crippen LogP contribution in [0.5, 0.6) is 0 Å². The summed E-state index contributed by atoms with van der Waals surface area (Å²) in [5, 5.41) is 10.9. The summed E-state index contributed by atoms with van der Waals surface area (Å²) in [6.07, 6.45) is 0.896. The molecule has 0 bridgehead atoms. The number of benzene rings is 1. The molecule has 4 nitrogen and oxygen atoms in total. The van der Waals surface area contributed by atoms with Crippen molar-refractivity contribution < 1.29 is 4.92 Å². The van der Waals surface area contributed by atoms with Crippen molar-refractivity contribution in [2.45, 2.75) is 39.7 Å². The van der Waals surface area contributed by atoms with Crippen molar-refractivity contribution in [2.24, 2.45) is 5.92 Å². The lowest BCUT2D eigenvalue weighted by Gasteiger charge is -2.44. The van der Waals surface area contributed by atoms with Crippen LogP contribution in [0.15, 0.2) is 18.2 Å². The first-order valence-electron chi connectivity index (χ1n) is 6.85. The molecule has 0 atom stereocenters. The number of hydrogen-bond acceptors (Lipinski definition) is 3. The Labute approximate surface area is 114 Å². The highest BCUT2D eigenvalue weighted by Crippen LogP contribution is 2.36. The minimum Gasteiger partial charge on any atom is -0.294 e. The maximum atomic E-state index is 10.9. The molecule has 1 aliphatic heterocycles. The topological polar surface area (TPSA) is 46.4 Å². The van der Waals surface area contributed by atoms with E-state index in [0.717, 1.165) is 25.1 Å². The van der Waals surface area contributed by atoms with Crippen molar-refractivity contribution in [2.75, 3.05) is 13.1 Å². The molecule has 0 saturated heterocycles. The van der Waals surface area contributed by atoms with E-state index in [4.69, 9.17) is 0 Å². The Morgan fingerprint density at radius 2 is 2.11 bits per heavy atom. The molecule has 0 fully saturated rings. The molecule has 1 aromatic rings. The smallest absolute Gasteiger partial charge is 0.269 e. The predicted molar refractivity (Wildman–Crippen MR) is 76.2 cm³/mol. The predicted octanol–water partition coefficient (Wildman–Crippen LogP) is 3.34. The Kier molecular flexibility index (Phi) is 3.63. The van der Waals surface area contributed by atoms with Gasteiger partial charge in [-0.2, -0.15) is 0 Å². The van der Waals surface area contributed by atoms with Crippen molar-refractivity contribution in [1.29, 1.82) is 0 Å². The zero-order valence-electron chi connectivity index (χ0n) is 12.1. The maximum absolute atomic E-state index is 10.9. The SMILES string of the molecule is CC(C)CN1CCc2cc([N+](=O)[O-])ccc2C1(C)C. The molecule has 0 spiro atoms. The molecule has 0 saturated carbocycles. The van der Waals surface area contributed by atoms with E-state index >= 15 is 0 Å². The number of nitro benzene ring substituents is 1. The van der Waals surface area contributed by atoms with Gasteiger partial charge in [0, 0.05) is 30.8 Å². The van der Waals surface area contributed by atoms with Gasteiger partial charge in [0.05, 0.1) is 4.92 Å². The molecule has 0 aromatic heterocycles. The van der Waals surface area contributed by atoms with E-state index in [1.807, 2.05) is 6.07 Å². The van der Waals surface area contributed by atoms with Crippen molar-refractivity contribution in [1.82, 2.24) is 4.90 Å². The van der Waals surface area contributed by atoms with Gasteiger partial charge in [-0.25, -0.2) is 0 Å². The van der Waals surface area contributed by atoms with Crippen LogP contribution in [-0.2, 0) is 12.0 Å². The van der Waals surface area contributed by atoms with Crippen LogP contribution in [0.2, 0.25) is 0 Å². The molecular weight excluding hydrogens is 240 g/mol. The van der Waals surface area contributed by atoms with Gasteiger partial charge in [-0.05, 0) is 37.3 Å². The fraction of sp³-hybridized carbons (Fsp3) is 0.600. The molecule has 1 aliphatic rings. The number of rotatable bonds is 3. The quantitative estimate of drug-likeness (QED) is 0.620. The summed E-state index contributed by atoms with van der Waals surface area (Å²) in [5.41, 5.74) is 2.50. The number of hydrogen-bond donors (Lipinski definition) is 0. The second-order valence-electron chi connectivity index (χ2n) is 6.25. The Hall–Kier alpha value is -1.42. The molecule has 0 aliphatic carbocycles. The lowest BCUT2D eigenvalue weighted by Crippen LogP contribution is -2.48. The molecule has 4 heteroatoms. The third kappa shape index (κ3) is 2.63. The third-order valence-corrected chi connectivity index (χ3v) is 3.99. The first-order chi connectivity index (χ1) is 8.82. The Bertz CT molecular complexity index is 495. The Balaban J connectivity index is 2.37. The van der Waals surface area contributed by atoms with Crippen molar-refractivity contribution in [3.05, 3.63) is 39.4 Å². The molecule has 0 radical (unpaired) electrons. The van der Waals surface area contributed by atoms with E-state index in [2.05, 4.69) is 32.6 Å². The van der Waals surface area contributed by atoms with Crippen molar-refractivity contribution in [3.8, 4) is 0 Å². The molecule has 19 heavy (non-hydrogen) atoms. The van der Waals surface area contributed by atoms with E-state index in [0.29, 0.717) is 5.92 Å². The van der Waals surface area contributed by atoms with Gasteiger partial charge < -0.3 is 0 Å². The van der Waals surface area contributed by atoms with Gasteiger partial charge in [-0.3, -0.25) is 15.0 Å². The average molecular weight is 262 g/mol. The van der Waals surface area contributed by atoms with Gasteiger partial charge in [-0.1, -0.05) is 19.9 Å². The van der Waals surface area contributed by atoms with Crippen LogP contribution in [0.1, 0.15) is 38.8 Å². The fourth-order valence-electron chi connectivity index (χ4n) is 2.96. The van der Waals surface area contributed by atoms with E-state index in [-0.39, 0.29) is 16.1 Å². The molecule has 0 amide bonds. The van der Waals surface area contributed by atoms with Gasteiger partial charge in [0.1, 0.15) is 0 Å². The standard InChI is InChI=1S/C15H22N2O2/c1-11(2)10-16-8-7-12-9-13(17(18)19)5-6-14(12)15(16,3)4/h5-6,9,11H,7-8,10H2,1-4H3. The van der Waals surface area contributed by atoms with Gasteiger partial charge >= 0.3 is 0 Å². The first kappa shape index (κ1) is 14.0. The maximum Gasteiger partial charge on any atom is 0.269 e. The lowest BCUT2D eigenvalue weighted by molar-refractivity contribution is -0.385. The summed E-state index contributed by atoms with van der Waals surface area (Å²) >= 11 is 0. The number of nitrogens with zero attached hydrogens (tertiary/aromatic N) is 2. The lowest BCUT2D eigenvalue weighted by atomic mass is 9.82.